The highest BCUT2D eigenvalue weighted by atomic mass is 32.2. The maximum atomic E-state index is 12.9. The molecule has 1 N–H and O–H groups in total. The van der Waals surface area contributed by atoms with E-state index >= 15 is 0 Å². The topological polar surface area (TPSA) is 95.5 Å². The lowest BCUT2D eigenvalue weighted by Gasteiger charge is -2.20. The predicted octanol–water partition coefficient (Wildman–Crippen LogP) is 3.78. The number of nitrogens with one attached hydrogen (secondary N) is 1. The number of carbonyl (C=O) groups is 1. The lowest BCUT2D eigenvalue weighted by molar-refractivity contribution is -0.114. The van der Waals surface area contributed by atoms with Crippen molar-refractivity contribution in [2.75, 3.05) is 27.3 Å². The molecule has 3 aliphatic rings. The van der Waals surface area contributed by atoms with E-state index in [1.807, 2.05) is 38.1 Å². The van der Waals surface area contributed by atoms with Crippen LogP contribution in [0.1, 0.15) is 29.8 Å². The molecule has 2 aromatic rings. The van der Waals surface area contributed by atoms with Crippen molar-refractivity contribution in [3.63, 3.8) is 0 Å². The molecule has 0 unspecified atom stereocenters. The number of nitrogens with zero attached hydrogens (tertiary/aromatic N) is 5. The fourth-order valence-corrected chi connectivity index (χ4v) is 5.39. The van der Waals surface area contributed by atoms with Crippen LogP contribution < -0.4 is 9.47 Å². The number of aromatic nitrogens is 1. The Balaban J connectivity index is 1.52. The highest BCUT2D eigenvalue weighted by molar-refractivity contribution is 8.26. The summed E-state index contributed by atoms with van der Waals surface area (Å²) in [6.07, 6.45) is 3.98. The van der Waals surface area contributed by atoms with E-state index in [1.54, 1.807) is 20.3 Å². The van der Waals surface area contributed by atoms with Gasteiger partial charge in [0, 0.05) is 30.5 Å². The van der Waals surface area contributed by atoms with Crippen LogP contribution in [0.5, 0.6) is 11.5 Å². The Bertz CT molecular complexity index is 1290. The minimum atomic E-state index is -0.426. The summed E-state index contributed by atoms with van der Waals surface area (Å²) < 4.78 is 13.0. The third-order valence-electron chi connectivity index (χ3n) is 6.22. The van der Waals surface area contributed by atoms with Crippen LogP contribution in [-0.4, -0.2) is 63.9 Å². The molecule has 34 heavy (non-hydrogen) atoms. The van der Waals surface area contributed by atoms with Crippen molar-refractivity contribution in [2.45, 2.75) is 26.7 Å². The number of likely N-dealkylation sites (tertiary alicyclic amines) is 1. The van der Waals surface area contributed by atoms with Gasteiger partial charge in [-0.05, 0) is 68.3 Å². The summed E-state index contributed by atoms with van der Waals surface area (Å²) in [5.74, 6) is 1.04. The molecule has 1 aromatic heterocycles. The Morgan fingerprint density at radius 1 is 1.09 bits per heavy atom. The summed E-state index contributed by atoms with van der Waals surface area (Å²) in [5.41, 5.74) is 3.74. The number of fused-ring (bicyclic) bond motifs is 1. The maximum absolute atomic E-state index is 12.9. The van der Waals surface area contributed by atoms with E-state index in [0.29, 0.717) is 16.7 Å². The second kappa shape index (κ2) is 8.68. The third-order valence-corrected chi connectivity index (χ3v) is 7.19. The molecule has 4 heterocycles. The monoisotopic (exact) mass is 478 g/mol. The fourth-order valence-electron chi connectivity index (χ4n) is 4.45. The van der Waals surface area contributed by atoms with E-state index in [4.69, 9.17) is 14.9 Å². The molecule has 176 valence electrons. The number of amidine groups is 3. The van der Waals surface area contributed by atoms with Crippen LogP contribution in [0.3, 0.4) is 0 Å². The second-order valence-electron chi connectivity index (χ2n) is 8.30. The third kappa shape index (κ3) is 3.67. The van der Waals surface area contributed by atoms with Crippen molar-refractivity contribution in [3.05, 3.63) is 46.8 Å². The van der Waals surface area contributed by atoms with Gasteiger partial charge in [-0.1, -0.05) is 0 Å². The molecule has 0 saturated carbocycles. The number of amides is 1. The minimum absolute atomic E-state index is 0.0421. The number of aliphatic imine (C=N–C) groups is 1. The van der Waals surface area contributed by atoms with Gasteiger partial charge in [0.05, 0.1) is 25.5 Å². The number of hydrogen-bond donors (Lipinski definition) is 1. The molecule has 3 aliphatic heterocycles. The smallest absolute Gasteiger partial charge is 0.283 e. The predicted molar refractivity (Wildman–Crippen MR) is 134 cm³/mol. The normalized spacial score (nSPS) is 19.0. The molecule has 1 saturated heterocycles. The van der Waals surface area contributed by atoms with E-state index < -0.39 is 5.91 Å². The van der Waals surface area contributed by atoms with Gasteiger partial charge in [-0.15, -0.1) is 5.10 Å². The molecular formula is C24H26N6O3S. The number of benzene rings is 1. The van der Waals surface area contributed by atoms with E-state index in [1.165, 1.54) is 16.8 Å². The first-order valence-electron chi connectivity index (χ1n) is 11.1. The number of rotatable bonds is 4. The van der Waals surface area contributed by atoms with Gasteiger partial charge < -0.3 is 18.9 Å². The van der Waals surface area contributed by atoms with E-state index in [9.17, 15) is 4.79 Å². The van der Waals surface area contributed by atoms with Gasteiger partial charge in [0.15, 0.2) is 11.0 Å². The largest absolute Gasteiger partial charge is 0.497 e. The molecule has 0 spiro atoms. The maximum Gasteiger partial charge on any atom is 0.283 e. The van der Waals surface area contributed by atoms with Gasteiger partial charge >= 0.3 is 0 Å². The Morgan fingerprint density at radius 2 is 1.85 bits per heavy atom. The van der Waals surface area contributed by atoms with Gasteiger partial charge in [0.1, 0.15) is 11.5 Å². The van der Waals surface area contributed by atoms with Crippen molar-refractivity contribution >= 4 is 39.9 Å². The average Bonchev–Trinajstić information content (AvgIpc) is 3.56. The molecule has 0 atom stereocenters. The van der Waals surface area contributed by atoms with E-state index in [2.05, 4.69) is 19.6 Å². The SMILES string of the molecule is COc1ccc(OC)c(-n2c(C)cc(/C=C3\C(=N)N4N=C(N5CCCC5)SC4=NC3=O)c2C)c1. The van der Waals surface area contributed by atoms with Crippen molar-refractivity contribution in [1.82, 2.24) is 14.5 Å². The zero-order chi connectivity index (χ0) is 24.0. The summed E-state index contributed by atoms with van der Waals surface area (Å²) in [6.45, 7) is 5.84. The molecular weight excluding hydrogens is 452 g/mol. The van der Waals surface area contributed by atoms with Gasteiger partial charge in [0.2, 0.25) is 5.17 Å². The number of hydrazone groups is 1. The summed E-state index contributed by atoms with van der Waals surface area (Å²) in [6, 6.07) is 7.61. The molecule has 5 rings (SSSR count). The molecule has 9 nitrogen and oxygen atoms in total. The molecule has 0 aliphatic carbocycles. The highest BCUT2D eigenvalue weighted by Crippen LogP contribution is 2.34. The fraction of sp³-hybridized carbons (Fsp3) is 0.333. The summed E-state index contributed by atoms with van der Waals surface area (Å²) in [4.78, 5) is 19.3. The lowest BCUT2D eigenvalue weighted by Crippen LogP contribution is -2.35. The van der Waals surface area contributed by atoms with Crippen molar-refractivity contribution in [2.24, 2.45) is 10.1 Å². The van der Waals surface area contributed by atoms with Gasteiger partial charge in [-0.2, -0.15) is 10.0 Å². The number of carbonyl (C=O) groups excluding carboxylic acids is 1. The van der Waals surface area contributed by atoms with Gasteiger partial charge in [0.25, 0.3) is 5.91 Å². The van der Waals surface area contributed by atoms with Crippen molar-refractivity contribution in [3.8, 4) is 17.2 Å². The van der Waals surface area contributed by atoms with Crippen LogP contribution >= 0.6 is 11.8 Å². The van der Waals surface area contributed by atoms with Crippen molar-refractivity contribution in [1.29, 1.82) is 5.41 Å². The van der Waals surface area contributed by atoms with Crippen LogP contribution in [0.2, 0.25) is 0 Å². The first kappa shape index (κ1) is 22.3. The van der Waals surface area contributed by atoms with Gasteiger partial charge in [-0.3, -0.25) is 10.2 Å². The first-order valence-corrected chi connectivity index (χ1v) is 11.9. The number of thioether (sulfide) groups is 1. The second-order valence-corrected chi connectivity index (χ2v) is 9.23. The van der Waals surface area contributed by atoms with Crippen LogP contribution in [-0.2, 0) is 4.79 Å². The molecule has 10 heteroatoms. The Hall–Kier alpha value is -3.53. The molecule has 0 bridgehead atoms. The zero-order valence-electron chi connectivity index (χ0n) is 19.6. The zero-order valence-corrected chi connectivity index (χ0v) is 20.4. The minimum Gasteiger partial charge on any atom is -0.497 e. The Labute approximate surface area is 202 Å². The quantitative estimate of drug-likeness (QED) is 0.672. The molecule has 1 amide bonds. The van der Waals surface area contributed by atoms with Gasteiger partial charge in [-0.25, -0.2) is 0 Å². The average molecular weight is 479 g/mol. The van der Waals surface area contributed by atoms with E-state index in [-0.39, 0.29) is 11.4 Å². The number of hydrogen-bond acceptors (Lipinski definition) is 7. The standard InChI is InChI=1S/C24H26N6O3S/c1-14-11-16(15(2)29(14)19-13-17(32-3)7-8-20(19)33-4)12-18-21(25)30-23(26-22(18)31)34-24(27-30)28-9-5-6-10-28/h7-8,11-13,25H,5-6,9-10H2,1-4H3/b18-12+,25-21?. The molecule has 1 aromatic carbocycles. The summed E-state index contributed by atoms with van der Waals surface area (Å²) >= 11 is 1.36. The van der Waals surface area contributed by atoms with Crippen LogP contribution in [0.25, 0.3) is 11.8 Å². The molecule has 0 radical (unpaired) electrons. The van der Waals surface area contributed by atoms with Crippen molar-refractivity contribution < 1.29 is 14.3 Å². The summed E-state index contributed by atoms with van der Waals surface area (Å²) in [7, 11) is 3.26. The number of aryl methyl sites for hydroxylation is 1. The summed E-state index contributed by atoms with van der Waals surface area (Å²) in [5, 5.41) is 16.0. The Morgan fingerprint density at radius 3 is 2.56 bits per heavy atom. The number of ether oxygens (including phenoxy) is 2. The van der Waals surface area contributed by atoms with Crippen LogP contribution in [0, 0.1) is 19.3 Å². The Kier molecular flexibility index (Phi) is 5.68. The first-order chi connectivity index (χ1) is 16.4. The number of methoxy groups -OCH3 is 2. The van der Waals surface area contributed by atoms with Crippen LogP contribution in [0.15, 0.2) is 39.9 Å². The highest BCUT2D eigenvalue weighted by Gasteiger charge is 2.37. The van der Waals surface area contributed by atoms with Crippen LogP contribution in [0.4, 0.5) is 0 Å². The lowest BCUT2D eigenvalue weighted by atomic mass is 10.1. The molecule has 1 fully saturated rings. The van der Waals surface area contributed by atoms with E-state index in [0.717, 1.165) is 53.7 Å².